The molecule has 1 aliphatic rings. The fourth-order valence-corrected chi connectivity index (χ4v) is 3.32. The zero-order valence-electron chi connectivity index (χ0n) is 13.2. The number of carbonyl (C=O) groups excluding carboxylic acids is 1. The molecule has 23 heavy (non-hydrogen) atoms. The Kier molecular flexibility index (Phi) is 5.25. The van der Waals surface area contributed by atoms with Gasteiger partial charge in [-0.1, -0.05) is 12.1 Å². The standard InChI is InChI=1S/C17H21N3O2S/c1-2-20(12-15-7-4-9-22-15)17(21)19-14-6-3-5-13(11-14)16-18-8-10-23-16/h3,5-6,8,10-11,15H,2,4,7,9,12H2,1H3,(H,19,21)/t15-/m0/s1. The van der Waals surface area contributed by atoms with Crippen LogP contribution in [0.5, 0.6) is 0 Å². The van der Waals surface area contributed by atoms with Gasteiger partial charge in [-0.2, -0.15) is 0 Å². The summed E-state index contributed by atoms with van der Waals surface area (Å²) in [6, 6.07) is 7.70. The fraction of sp³-hybridized carbons (Fsp3) is 0.412. The quantitative estimate of drug-likeness (QED) is 0.905. The van der Waals surface area contributed by atoms with E-state index in [-0.39, 0.29) is 12.1 Å². The van der Waals surface area contributed by atoms with Crippen molar-refractivity contribution in [1.82, 2.24) is 9.88 Å². The Labute approximate surface area is 140 Å². The molecule has 1 N–H and O–H groups in total. The van der Waals surface area contributed by atoms with Crippen LogP contribution in [0.4, 0.5) is 10.5 Å². The van der Waals surface area contributed by atoms with Gasteiger partial charge in [0.15, 0.2) is 0 Å². The lowest BCUT2D eigenvalue weighted by Gasteiger charge is -2.24. The average Bonchev–Trinajstić information content (AvgIpc) is 3.26. The topological polar surface area (TPSA) is 54.5 Å². The number of thiazole rings is 1. The number of hydrogen-bond acceptors (Lipinski definition) is 4. The van der Waals surface area contributed by atoms with Gasteiger partial charge in [0.1, 0.15) is 5.01 Å². The Morgan fingerprint density at radius 2 is 2.43 bits per heavy atom. The van der Waals surface area contributed by atoms with Crippen LogP contribution >= 0.6 is 11.3 Å². The zero-order valence-corrected chi connectivity index (χ0v) is 14.0. The zero-order chi connectivity index (χ0) is 16.1. The van der Waals surface area contributed by atoms with Gasteiger partial charge in [0, 0.05) is 42.5 Å². The minimum atomic E-state index is -0.0840. The van der Waals surface area contributed by atoms with Crippen molar-refractivity contribution >= 4 is 23.1 Å². The van der Waals surface area contributed by atoms with Crippen LogP contribution < -0.4 is 5.32 Å². The second kappa shape index (κ2) is 7.57. The predicted octanol–water partition coefficient (Wildman–Crippen LogP) is 3.84. The van der Waals surface area contributed by atoms with Crippen molar-refractivity contribution < 1.29 is 9.53 Å². The molecule has 0 aliphatic carbocycles. The average molecular weight is 331 g/mol. The van der Waals surface area contributed by atoms with Gasteiger partial charge in [-0.05, 0) is 31.9 Å². The van der Waals surface area contributed by atoms with E-state index in [0.717, 1.165) is 35.7 Å². The predicted molar refractivity (Wildman–Crippen MR) is 92.8 cm³/mol. The second-order valence-electron chi connectivity index (χ2n) is 5.52. The minimum absolute atomic E-state index is 0.0840. The molecule has 0 saturated carbocycles. The van der Waals surface area contributed by atoms with Crippen molar-refractivity contribution in [3.05, 3.63) is 35.8 Å². The molecule has 2 amide bonds. The van der Waals surface area contributed by atoms with Gasteiger partial charge in [-0.25, -0.2) is 9.78 Å². The second-order valence-corrected chi connectivity index (χ2v) is 6.42. The molecule has 6 heteroatoms. The molecule has 0 bridgehead atoms. The monoisotopic (exact) mass is 331 g/mol. The molecule has 1 fully saturated rings. The number of likely N-dealkylation sites (N-methyl/N-ethyl adjacent to an activating group) is 1. The summed E-state index contributed by atoms with van der Waals surface area (Å²) >= 11 is 1.58. The number of amides is 2. The Bertz CT molecular complexity index is 639. The van der Waals surface area contributed by atoms with Gasteiger partial charge in [0.25, 0.3) is 0 Å². The number of carbonyl (C=O) groups is 1. The Hall–Kier alpha value is -1.92. The van der Waals surface area contributed by atoms with Gasteiger partial charge >= 0.3 is 6.03 Å². The molecular formula is C17H21N3O2S. The highest BCUT2D eigenvalue weighted by molar-refractivity contribution is 7.13. The van der Waals surface area contributed by atoms with Crippen LogP contribution in [0.25, 0.3) is 10.6 Å². The first-order valence-electron chi connectivity index (χ1n) is 7.93. The third-order valence-corrected chi connectivity index (χ3v) is 4.73. The van der Waals surface area contributed by atoms with Crippen LogP contribution in [0.15, 0.2) is 35.8 Å². The highest BCUT2D eigenvalue weighted by Crippen LogP contribution is 2.24. The summed E-state index contributed by atoms with van der Waals surface area (Å²) in [7, 11) is 0. The van der Waals surface area contributed by atoms with E-state index in [1.807, 2.05) is 36.6 Å². The van der Waals surface area contributed by atoms with Gasteiger partial charge < -0.3 is 15.0 Å². The van der Waals surface area contributed by atoms with E-state index in [1.165, 1.54) is 0 Å². The number of urea groups is 1. The highest BCUT2D eigenvalue weighted by atomic mass is 32.1. The van der Waals surface area contributed by atoms with Crippen molar-refractivity contribution in [2.24, 2.45) is 0 Å². The van der Waals surface area contributed by atoms with E-state index in [9.17, 15) is 4.79 Å². The number of nitrogens with zero attached hydrogens (tertiary/aromatic N) is 2. The smallest absolute Gasteiger partial charge is 0.321 e. The number of aromatic nitrogens is 1. The van der Waals surface area contributed by atoms with E-state index in [2.05, 4.69) is 10.3 Å². The van der Waals surface area contributed by atoms with Crippen LogP contribution in [-0.2, 0) is 4.74 Å². The molecule has 1 saturated heterocycles. The van der Waals surface area contributed by atoms with Crippen LogP contribution in [0.3, 0.4) is 0 Å². The molecule has 0 unspecified atom stereocenters. The van der Waals surface area contributed by atoms with Crippen molar-refractivity contribution in [3.63, 3.8) is 0 Å². The first-order chi connectivity index (χ1) is 11.3. The van der Waals surface area contributed by atoms with Crippen LogP contribution in [0.1, 0.15) is 19.8 Å². The molecule has 2 aromatic rings. The maximum atomic E-state index is 12.5. The molecule has 3 rings (SSSR count). The number of nitrogens with one attached hydrogen (secondary N) is 1. The SMILES string of the molecule is CCN(C[C@@H]1CCCO1)C(=O)Nc1cccc(-c2nccs2)c1. The summed E-state index contributed by atoms with van der Waals surface area (Å²) in [6.07, 6.45) is 4.07. The van der Waals surface area contributed by atoms with E-state index in [4.69, 9.17) is 4.74 Å². The molecule has 1 aromatic heterocycles. The summed E-state index contributed by atoms with van der Waals surface area (Å²) < 4.78 is 5.63. The lowest BCUT2D eigenvalue weighted by molar-refractivity contribution is 0.0849. The number of hydrogen-bond donors (Lipinski definition) is 1. The highest BCUT2D eigenvalue weighted by Gasteiger charge is 2.21. The number of ether oxygens (including phenoxy) is 1. The fourth-order valence-electron chi connectivity index (χ4n) is 2.69. The molecule has 2 heterocycles. The van der Waals surface area contributed by atoms with Crippen molar-refractivity contribution in [2.75, 3.05) is 25.0 Å². The summed E-state index contributed by atoms with van der Waals surface area (Å²) in [5, 5.41) is 5.87. The third-order valence-electron chi connectivity index (χ3n) is 3.91. The van der Waals surface area contributed by atoms with E-state index in [1.54, 1.807) is 22.4 Å². The van der Waals surface area contributed by atoms with Gasteiger partial charge in [0.2, 0.25) is 0 Å². The van der Waals surface area contributed by atoms with Crippen molar-refractivity contribution in [1.29, 1.82) is 0 Å². The van der Waals surface area contributed by atoms with Crippen LogP contribution in [-0.4, -0.2) is 41.7 Å². The Morgan fingerprint density at radius 3 is 3.13 bits per heavy atom. The first-order valence-corrected chi connectivity index (χ1v) is 8.81. The van der Waals surface area contributed by atoms with E-state index in [0.29, 0.717) is 13.1 Å². The molecule has 5 nitrogen and oxygen atoms in total. The maximum Gasteiger partial charge on any atom is 0.321 e. The summed E-state index contributed by atoms with van der Waals surface area (Å²) in [6.45, 7) is 4.10. The Morgan fingerprint density at radius 1 is 1.52 bits per heavy atom. The van der Waals surface area contributed by atoms with E-state index < -0.39 is 0 Å². The molecule has 1 atom stereocenters. The van der Waals surface area contributed by atoms with Crippen LogP contribution in [0.2, 0.25) is 0 Å². The minimum Gasteiger partial charge on any atom is -0.376 e. The van der Waals surface area contributed by atoms with Gasteiger partial charge in [-0.3, -0.25) is 0 Å². The summed E-state index contributed by atoms with van der Waals surface area (Å²) in [5.41, 5.74) is 1.80. The summed E-state index contributed by atoms with van der Waals surface area (Å²) in [4.78, 5) is 18.6. The molecule has 1 aromatic carbocycles. The van der Waals surface area contributed by atoms with Gasteiger partial charge in [-0.15, -0.1) is 11.3 Å². The number of anilines is 1. The summed E-state index contributed by atoms with van der Waals surface area (Å²) in [5.74, 6) is 0. The number of benzene rings is 1. The molecule has 1 aliphatic heterocycles. The largest absolute Gasteiger partial charge is 0.376 e. The number of rotatable bonds is 5. The van der Waals surface area contributed by atoms with Crippen LogP contribution in [0, 0.1) is 0 Å². The third kappa shape index (κ3) is 4.09. The van der Waals surface area contributed by atoms with Crippen molar-refractivity contribution in [2.45, 2.75) is 25.9 Å². The molecular weight excluding hydrogens is 310 g/mol. The molecule has 0 spiro atoms. The molecule has 0 radical (unpaired) electrons. The van der Waals surface area contributed by atoms with Gasteiger partial charge in [0.05, 0.1) is 6.10 Å². The normalized spacial score (nSPS) is 17.2. The lowest BCUT2D eigenvalue weighted by Crippen LogP contribution is -2.39. The maximum absolute atomic E-state index is 12.5. The lowest BCUT2D eigenvalue weighted by atomic mass is 10.2. The van der Waals surface area contributed by atoms with Crippen molar-refractivity contribution in [3.8, 4) is 10.6 Å². The van der Waals surface area contributed by atoms with E-state index >= 15 is 0 Å². The Balaban J connectivity index is 1.65. The molecule has 122 valence electrons. The first kappa shape index (κ1) is 16.0.